The van der Waals surface area contributed by atoms with Gasteiger partial charge in [-0.15, -0.1) is 0 Å². The summed E-state index contributed by atoms with van der Waals surface area (Å²) in [6, 6.07) is 17.9. The van der Waals surface area contributed by atoms with Crippen LogP contribution in [0.25, 0.3) is 22.6 Å². The maximum atomic E-state index is 12.3. The van der Waals surface area contributed by atoms with Crippen molar-refractivity contribution in [2.75, 3.05) is 6.79 Å². The number of cyclic esters (lactones) is 1. The summed E-state index contributed by atoms with van der Waals surface area (Å²) in [5, 5.41) is 2.28. The van der Waals surface area contributed by atoms with E-state index in [-0.39, 0.29) is 12.8 Å². The van der Waals surface area contributed by atoms with Gasteiger partial charge >= 0.3 is 5.97 Å². The Bertz CT molecular complexity index is 1150. The van der Waals surface area contributed by atoms with Crippen LogP contribution in [-0.2, 0) is 9.53 Å². The second kappa shape index (κ2) is 6.02. The van der Waals surface area contributed by atoms with E-state index in [9.17, 15) is 4.79 Å². The highest BCUT2D eigenvalue weighted by molar-refractivity contribution is 6.05. The standard InChI is InChI=1S/C23H16O4/c1-14-2-4-17-11-18(6-5-16(17)8-14)21-12-19(23(24)27-21)9-15-3-7-20-22(10-15)26-13-25-20/h2-12H,13H2,1H3. The minimum atomic E-state index is -0.355. The van der Waals surface area contributed by atoms with Crippen LogP contribution in [0.15, 0.2) is 66.2 Å². The highest BCUT2D eigenvalue weighted by Gasteiger charge is 2.22. The van der Waals surface area contributed by atoms with Crippen molar-refractivity contribution >= 4 is 28.6 Å². The van der Waals surface area contributed by atoms with Crippen LogP contribution in [0.2, 0.25) is 0 Å². The zero-order valence-corrected chi connectivity index (χ0v) is 14.7. The van der Waals surface area contributed by atoms with E-state index in [1.54, 1.807) is 12.2 Å². The van der Waals surface area contributed by atoms with Gasteiger partial charge < -0.3 is 14.2 Å². The molecule has 4 heteroatoms. The van der Waals surface area contributed by atoms with Crippen LogP contribution in [0.4, 0.5) is 0 Å². The zero-order valence-electron chi connectivity index (χ0n) is 14.7. The van der Waals surface area contributed by atoms with Gasteiger partial charge in [-0.2, -0.15) is 0 Å². The molecular weight excluding hydrogens is 340 g/mol. The highest BCUT2D eigenvalue weighted by Crippen LogP contribution is 2.34. The van der Waals surface area contributed by atoms with E-state index in [0.717, 1.165) is 16.5 Å². The molecule has 0 aliphatic carbocycles. The van der Waals surface area contributed by atoms with Crippen LogP contribution >= 0.6 is 0 Å². The molecule has 0 spiro atoms. The molecule has 0 amide bonds. The van der Waals surface area contributed by atoms with E-state index in [1.165, 1.54) is 10.9 Å². The lowest BCUT2D eigenvalue weighted by Crippen LogP contribution is -1.97. The third kappa shape index (κ3) is 2.85. The summed E-state index contributed by atoms with van der Waals surface area (Å²) in [4.78, 5) is 12.3. The second-order valence-corrected chi connectivity index (χ2v) is 6.68. The number of benzene rings is 3. The van der Waals surface area contributed by atoms with Crippen LogP contribution < -0.4 is 9.47 Å². The molecule has 27 heavy (non-hydrogen) atoms. The summed E-state index contributed by atoms with van der Waals surface area (Å²) in [6.45, 7) is 2.30. The topological polar surface area (TPSA) is 44.8 Å². The average Bonchev–Trinajstić information content (AvgIpc) is 3.28. The first kappa shape index (κ1) is 15.7. The Morgan fingerprint density at radius 3 is 2.63 bits per heavy atom. The Kier molecular flexibility index (Phi) is 3.50. The van der Waals surface area contributed by atoms with Gasteiger partial charge in [0.2, 0.25) is 6.79 Å². The fraction of sp³-hybridized carbons (Fsp3) is 0.0870. The van der Waals surface area contributed by atoms with Crippen LogP contribution in [0.5, 0.6) is 11.5 Å². The first-order valence-corrected chi connectivity index (χ1v) is 8.72. The number of aryl methyl sites for hydroxylation is 1. The maximum absolute atomic E-state index is 12.3. The molecule has 0 fully saturated rings. The molecule has 3 aromatic rings. The molecule has 2 aliphatic heterocycles. The fourth-order valence-corrected chi connectivity index (χ4v) is 3.33. The first-order chi connectivity index (χ1) is 13.2. The average molecular weight is 356 g/mol. The molecule has 0 atom stereocenters. The summed E-state index contributed by atoms with van der Waals surface area (Å²) >= 11 is 0. The molecule has 0 saturated carbocycles. The molecule has 0 aromatic heterocycles. The molecular formula is C23H16O4. The van der Waals surface area contributed by atoms with Crippen molar-refractivity contribution in [1.82, 2.24) is 0 Å². The second-order valence-electron chi connectivity index (χ2n) is 6.68. The lowest BCUT2D eigenvalue weighted by atomic mass is 10.0. The van der Waals surface area contributed by atoms with Crippen LogP contribution in [0.3, 0.4) is 0 Å². The monoisotopic (exact) mass is 356 g/mol. The van der Waals surface area contributed by atoms with E-state index in [2.05, 4.69) is 25.1 Å². The van der Waals surface area contributed by atoms with Gasteiger partial charge in [-0.1, -0.05) is 42.0 Å². The zero-order chi connectivity index (χ0) is 18.4. The minimum absolute atomic E-state index is 0.225. The number of carbonyl (C=O) groups is 1. The number of fused-ring (bicyclic) bond motifs is 2. The predicted octanol–water partition coefficient (Wildman–Crippen LogP) is 4.86. The van der Waals surface area contributed by atoms with Gasteiger partial charge in [0.1, 0.15) is 5.76 Å². The van der Waals surface area contributed by atoms with Crippen molar-refractivity contribution in [2.24, 2.45) is 0 Å². The molecule has 132 valence electrons. The van der Waals surface area contributed by atoms with Crippen LogP contribution in [0, 0.1) is 6.92 Å². The Balaban J connectivity index is 1.49. The molecule has 0 bridgehead atoms. The van der Waals surface area contributed by atoms with Gasteiger partial charge in [-0.05, 0) is 53.6 Å². The summed E-state index contributed by atoms with van der Waals surface area (Å²) in [7, 11) is 0. The number of carbonyl (C=O) groups excluding carboxylic acids is 1. The van der Waals surface area contributed by atoms with Crippen molar-refractivity contribution in [3.05, 3.63) is 82.9 Å². The first-order valence-electron chi connectivity index (χ1n) is 8.72. The Morgan fingerprint density at radius 1 is 0.889 bits per heavy atom. The summed E-state index contributed by atoms with van der Waals surface area (Å²) in [6.07, 6.45) is 3.57. The molecule has 0 saturated heterocycles. The van der Waals surface area contributed by atoms with Gasteiger partial charge in [0.05, 0.1) is 5.57 Å². The van der Waals surface area contributed by atoms with Crippen molar-refractivity contribution in [2.45, 2.75) is 6.92 Å². The molecule has 0 unspecified atom stereocenters. The van der Waals surface area contributed by atoms with Crippen LogP contribution in [0.1, 0.15) is 16.7 Å². The van der Waals surface area contributed by atoms with Crippen molar-refractivity contribution in [1.29, 1.82) is 0 Å². The third-order valence-corrected chi connectivity index (χ3v) is 4.72. The van der Waals surface area contributed by atoms with Crippen LogP contribution in [-0.4, -0.2) is 12.8 Å². The van der Waals surface area contributed by atoms with E-state index in [0.29, 0.717) is 22.8 Å². The quantitative estimate of drug-likeness (QED) is 0.486. The summed E-state index contributed by atoms with van der Waals surface area (Å²) < 4.78 is 16.2. The van der Waals surface area contributed by atoms with Gasteiger partial charge in [0.25, 0.3) is 0 Å². The Morgan fingerprint density at radius 2 is 1.70 bits per heavy atom. The largest absolute Gasteiger partial charge is 0.454 e. The highest BCUT2D eigenvalue weighted by atomic mass is 16.7. The molecule has 2 aliphatic rings. The van der Waals surface area contributed by atoms with Gasteiger partial charge in [-0.3, -0.25) is 0 Å². The molecule has 0 N–H and O–H groups in total. The van der Waals surface area contributed by atoms with Crippen molar-refractivity contribution < 1.29 is 19.0 Å². The van der Waals surface area contributed by atoms with Crippen molar-refractivity contribution in [3.63, 3.8) is 0 Å². The normalized spacial score (nSPS) is 16.7. The van der Waals surface area contributed by atoms with Gasteiger partial charge in [0.15, 0.2) is 11.5 Å². The molecule has 4 nitrogen and oxygen atoms in total. The molecule has 3 aromatic carbocycles. The number of ether oxygens (including phenoxy) is 3. The lowest BCUT2D eigenvalue weighted by Gasteiger charge is -2.05. The lowest BCUT2D eigenvalue weighted by molar-refractivity contribution is -0.130. The molecule has 2 heterocycles. The molecule has 5 rings (SSSR count). The Labute approximate surface area is 156 Å². The van der Waals surface area contributed by atoms with Gasteiger partial charge in [-0.25, -0.2) is 4.79 Å². The predicted molar refractivity (Wildman–Crippen MR) is 103 cm³/mol. The number of esters is 1. The smallest absolute Gasteiger partial charge is 0.343 e. The summed E-state index contributed by atoms with van der Waals surface area (Å²) in [5.41, 5.74) is 3.47. The molecule has 0 radical (unpaired) electrons. The van der Waals surface area contributed by atoms with E-state index in [1.807, 2.05) is 36.4 Å². The minimum Gasteiger partial charge on any atom is -0.454 e. The summed E-state index contributed by atoms with van der Waals surface area (Å²) in [5.74, 6) is 1.61. The van der Waals surface area contributed by atoms with Crippen molar-refractivity contribution in [3.8, 4) is 11.5 Å². The third-order valence-electron chi connectivity index (χ3n) is 4.72. The maximum Gasteiger partial charge on any atom is 0.343 e. The van der Waals surface area contributed by atoms with E-state index < -0.39 is 0 Å². The fourth-order valence-electron chi connectivity index (χ4n) is 3.33. The van der Waals surface area contributed by atoms with Gasteiger partial charge in [0, 0.05) is 5.56 Å². The van der Waals surface area contributed by atoms with E-state index in [4.69, 9.17) is 14.2 Å². The number of rotatable bonds is 2. The Hall–Kier alpha value is -3.53. The SMILES string of the molecule is Cc1ccc2cc(C3=CC(=Cc4ccc5c(c4)OCO5)C(=O)O3)ccc2c1. The number of hydrogen-bond donors (Lipinski definition) is 0. The number of hydrogen-bond acceptors (Lipinski definition) is 4. The van der Waals surface area contributed by atoms with E-state index >= 15 is 0 Å².